The van der Waals surface area contributed by atoms with E-state index >= 15 is 0 Å². The maximum absolute atomic E-state index is 11.8. The van der Waals surface area contributed by atoms with Gasteiger partial charge in [0.1, 0.15) is 0 Å². The summed E-state index contributed by atoms with van der Waals surface area (Å²) in [5.41, 5.74) is 0. The average Bonchev–Trinajstić information content (AvgIpc) is 2.29. The van der Waals surface area contributed by atoms with Crippen LogP contribution in [0.4, 0.5) is 0 Å². The second-order valence-electron chi connectivity index (χ2n) is 4.60. The van der Waals surface area contributed by atoms with Gasteiger partial charge in [-0.25, -0.2) is 0 Å². The molecule has 0 aromatic carbocycles. The highest BCUT2D eigenvalue weighted by Gasteiger charge is 2.20. The Balaban J connectivity index is 2.32. The molecule has 0 bridgehead atoms. The van der Waals surface area contributed by atoms with E-state index in [4.69, 9.17) is 0 Å². The Labute approximate surface area is 98.8 Å². The van der Waals surface area contributed by atoms with Crippen molar-refractivity contribution in [2.24, 2.45) is 0 Å². The number of carbonyl (C=O) groups excluding carboxylic acids is 1. The predicted octanol–water partition coefficient (Wildman–Crippen LogP) is 0.585. The summed E-state index contributed by atoms with van der Waals surface area (Å²) in [7, 11) is 0. The van der Waals surface area contributed by atoms with Crippen molar-refractivity contribution < 1.29 is 4.79 Å². The Morgan fingerprint density at radius 1 is 1.50 bits per heavy atom. The van der Waals surface area contributed by atoms with Crippen molar-refractivity contribution in [3.05, 3.63) is 0 Å². The van der Waals surface area contributed by atoms with Crippen LogP contribution in [-0.2, 0) is 4.79 Å². The first-order valence-electron chi connectivity index (χ1n) is 6.41. The van der Waals surface area contributed by atoms with E-state index in [1.165, 1.54) is 0 Å². The van der Waals surface area contributed by atoms with Gasteiger partial charge in [-0.05, 0) is 19.8 Å². The third kappa shape index (κ3) is 4.10. The van der Waals surface area contributed by atoms with E-state index in [9.17, 15) is 4.79 Å². The molecule has 0 spiro atoms. The number of piperazine rings is 1. The fourth-order valence-electron chi connectivity index (χ4n) is 2.07. The largest absolute Gasteiger partial charge is 0.352 e. The topological polar surface area (TPSA) is 44.4 Å². The molecule has 4 nitrogen and oxygen atoms in total. The molecule has 2 N–H and O–H groups in total. The highest BCUT2D eigenvalue weighted by Crippen LogP contribution is 2.02. The van der Waals surface area contributed by atoms with Crippen LogP contribution in [0.2, 0.25) is 0 Å². The SMILES string of the molecule is CCC(CC)NC(=O)CN1CCNCC1C. The van der Waals surface area contributed by atoms with E-state index < -0.39 is 0 Å². The lowest BCUT2D eigenvalue weighted by atomic mass is 10.1. The van der Waals surface area contributed by atoms with Crippen LogP contribution < -0.4 is 10.6 Å². The summed E-state index contributed by atoms with van der Waals surface area (Å²) >= 11 is 0. The summed E-state index contributed by atoms with van der Waals surface area (Å²) in [4.78, 5) is 14.1. The molecule has 1 aliphatic rings. The number of hydrogen-bond acceptors (Lipinski definition) is 3. The first-order valence-corrected chi connectivity index (χ1v) is 6.41. The van der Waals surface area contributed by atoms with Crippen LogP contribution in [0.25, 0.3) is 0 Å². The van der Waals surface area contributed by atoms with Crippen molar-refractivity contribution in [3.8, 4) is 0 Å². The molecular weight excluding hydrogens is 202 g/mol. The minimum absolute atomic E-state index is 0.169. The van der Waals surface area contributed by atoms with E-state index in [0.29, 0.717) is 18.6 Å². The minimum Gasteiger partial charge on any atom is -0.352 e. The zero-order chi connectivity index (χ0) is 12.0. The summed E-state index contributed by atoms with van der Waals surface area (Å²) in [6, 6.07) is 0.798. The molecule has 0 aromatic rings. The van der Waals surface area contributed by atoms with Crippen LogP contribution in [0.5, 0.6) is 0 Å². The molecule has 0 aliphatic carbocycles. The summed E-state index contributed by atoms with van der Waals surface area (Å²) in [6.45, 7) is 9.87. The van der Waals surface area contributed by atoms with Crippen LogP contribution >= 0.6 is 0 Å². The smallest absolute Gasteiger partial charge is 0.234 e. The molecule has 1 atom stereocenters. The third-order valence-corrected chi connectivity index (χ3v) is 3.34. The molecule has 1 fully saturated rings. The lowest BCUT2D eigenvalue weighted by molar-refractivity contribution is -0.123. The molecule has 0 aromatic heterocycles. The second-order valence-corrected chi connectivity index (χ2v) is 4.60. The molecule has 1 saturated heterocycles. The predicted molar refractivity (Wildman–Crippen MR) is 66.4 cm³/mol. The molecular formula is C12H25N3O. The molecule has 1 unspecified atom stereocenters. The van der Waals surface area contributed by atoms with Gasteiger partial charge in [0, 0.05) is 31.7 Å². The molecule has 1 heterocycles. The Morgan fingerprint density at radius 3 is 2.75 bits per heavy atom. The molecule has 16 heavy (non-hydrogen) atoms. The standard InChI is InChI=1S/C12H25N3O/c1-4-11(5-2)14-12(16)9-15-7-6-13-8-10(15)3/h10-11,13H,4-9H2,1-3H3,(H,14,16). The fourth-order valence-corrected chi connectivity index (χ4v) is 2.07. The maximum Gasteiger partial charge on any atom is 0.234 e. The molecule has 1 amide bonds. The van der Waals surface area contributed by atoms with Crippen molar-refractivity contribution in [2.75, 3.05) is 26.2 Å². The van der Waals surface area contributed by atoms with Crippen molar-refractivity contribution in [3.63, 3.8) is 0 Å². The first kappa shape index (κ1) is 13.5. The van der Waals surface area contributed by atoms with Gasteiger partial charge in [0.05, 0.1) is 6.54 Å². The lowest BCUT2D eigenvalue weighted by Crippen LogP contribution is -2.53. The van der Waals surface area contributed by atoms with Crippen LogP contribution in [0.15, 0.2) is 0 Å². The molecule has 1 rings (SSSR count). The van der Waals surface area contributed by atoms with Crippen LogP contribution in [0, 0.1) is 0 Å². The van der Waals surface area contributed by atoms with Gasteiger partial charge in [-0.15, -0.1) is 0 Å². The Kier molecular flexibility index (Phi) is 5.77. The van der Waals surface area contributed by atoms with Crippen molar-refractivity contribution in [1.82, 2.24) is 15.5 Å². The van der Waals surface area contributed by atoms with Gasteiger partial charge in [0.2, 0.25) is 5.91 Å². The fraction of sp³-hybridized carbons (Fsp3) is 0.917. The summed E-state index contributed by atoms with van der Waals surface area (Å²) in [5, 5.41) is 6.41. The zero-order valence-corrected chi connectivity index (χ0v) is 10.8. The van der Waals surface area contributed by atoms with Gasteiger partial charge >= 0.3 is 0 Å². The van der Waals surface area contributed by atoms with Crippen molar-refractivity contribution >= 4 is 5.91 Å². The average molecular weight is 227 g/mol. The van der Waals surface area contributed by atoms with Crippen LogP contribution in [0.1, 0.15) is 33.6 Å². The van der Waals surface area contributed by atoms with Crippen molar-refractivity contribution in [2.45, 2.75) is 45.7 Å². The summed E-state index contributed by atoms with van der Waals surface area (Å²) < 4.78 is 0. The van der Waals surface area contributed by atoms with E-state index in [0.717, 1.165) is 32.5 Å². The highest BCUT2D eigenvalue weighted by atomic mass is 16.2. The normalized spacial score (nSPS) is 22.4. The number of amides is 1. The molecule has 1 aliphatic heterocycles. The minimum atomic E-state index is 0.169. The van der Waals surface area contributed by atoms with Gasteiger partial charge in [-0.2, -0.15) is 0 Å². The van der Waals surface area contributed by atoms with Crippen molar-refractivity contribution in [1.29, 1.82) is 0 Å². The quantitative estimate of drug-likeness (QED) is 0.722. The molecule has 0 saturated carbocycles. The van der Waals surface area contributed by atoms with Crippen LogP contribution in [-0.4, -0.2) is 49.1 Å². The first-order chi connectivity index (χ1) is 7.67. The number of rotatable bonds is 5. The van der Waals surface area contributed by atoms with Crippen LogP contribution in [0.3, 0.4) is 0 Å². The van der Waals surface area contributed by atoms with E-state index in [2.05, 4.69) is 36.3 Å². The van der Waals surface area contributed by atoms with Gasteiger partial charge in [-0.1, -0.05) is 13.8 Å². The summed E-state index contributed by atoms with van der Waals surface area (Å²) in [6.07, 6.45) is 2.03. The van der Waals surface area contributed by atoms with E-state index in [-0.39, 0.29) is 5.91 Å². The molecule has 0 radical (unpaired) electrons. The summed E-state index contributed by atoms with van der Waals surface area (Å²) in [5.74, 6) is 0.169. The molecule has 4 heteroatoms. The Hall–Kier alpha value is -0.610. The lowest BCUT2D eigenvalue weighted by Gasteiger charge is -2.33. The van der Waals surface area contributed by atoms with Gasteiger partial charge in [0.25, 0.3) is 0 Å². The second kappa shape index (κ2) is 6.86. The van der Waals surface area contributed by atoms with Gasteiger partial charge < -0.3 is 10.6 Å². The van der Waals surface area contributed by atoms with Gasteiger partial charge in [0.15, 0.2) is 0 Å². The van der Waals surface area contributed by atoms with E-state index in [1.807, 2.05) is 0 Å². The zero-order valence-electron chi connectivity index (χ0n) is 10.8. The highest BCUT2D eigenvalue weighted by molar-refractivity contribution is 5.78. The number of nitrogens with one attached hydrogen (secondary N) is 2. The monoisotopic (exact) mass is 227 g/mol. The Bertz CT molecular complexity index is 216. The maximum atomic E-state index is 11.8. The number of carbonyl (C=O) groups is 1. The van der Waals surface area contributed by atoms with Gasteiger partial charge in [-0.3, -0.25) is 9.69 Å². The Morgan fingerprint density at radius 2 is 2.19 bits per heavy atom. The number of nitrogens with zero attached hydrogens (tertiary/aromatic N) is 1. The third-order valence-electron chi connectivity index (χ3n) is 3.34. The molecule has 94 valence electrons. The van der Waals surface area contributed by atoms with E-state index in [1.54, 1.807) is 0 Å². The number of hydrogen-bond donors (Lipinski definition) is 2.